The number of aromatic amines is 1. The third-order valence-electron chi connectivity index (χ3n) is 3.98. The molecule has 3 aromatic rings. The van der Waals surface area contributed by atoms with Crippen molar-refractivity contribution >= 4 is 22.2 Å². The minimum atomic E-state index is -1.33. The van der Waals surface area contributed by atoms with E-state index in [4.69, 9.17) is 9.47 Å². The molecule has 132 valence electrons. The number of aromatic nitrogens is 3. The Labute approximate surface area is 149 Å². The molecule has 2 heterocycles. The molecule has 0 spiro atoms. The Morgan fingerprint density at radius 2 is 2.08 bits per heavy atom. The molecule has 0 aliphatic rings. The second kappa shape index (κ2) is 7.33. The minimum absolute atomic E-state index is 0.278. The Bertz CT molecular complexity index is 895. The van der Waals surface area contributed by atoms with E-state index >= 15 is 0 Å². The second-order valence-corrected chi connectivity index (χ2v) is 7.06. The average Bonchev–Trinajstić information content (AvgIpc) is 3.01. The molecule has 0 unspecified atom stereocenters. The van der Waals surface area contributed by atoms with E-state index in [0.29, 0.717) is 11.8 Å². The largest absolute Gasteiger partial charge is 0.609 e. The zero-order valence-electron chi connectivity index (χ0n) is 14.8. The normalized spacial score (nSPS) is 12.4. The molecular formula is C18H21N3O3S. The lowest BCUT2D eigenvalue weighted by molar-refractivity contribution is 0.340. The summed E-state index contributed by atoms with van der Waals surface area (Å²) >= 11 is -1.33. The molecule has 0 saturated heterocycles. The number of H-pyrrole nitrogens is 1. The SMILES string of the molecule is CCOc1ccc2[nH]c([S@@+]([O-])Cc3ncc(C)c(OC)c3C)nc2c1. The molecular weight excluding hydrogens is 338 g/mol. The van der Waals surface area contributed by atoms with Gasteiger partial charge >= 0.3 is 5.16 Å². The zero-order chi connectivity index (χ0) is 18.0. The summed E-state index contributed by atoms with van der Waals surface area (Å²) in [6.07, 6.45) is 1.74. The maximum absolute atomic E-state index is 12.7. The first-order valence-corrected chi connectivity index (χ1v) is 9.35. The van der Waals surface area contributed by atoms with Gasteiger partial charge in [-0.05, 0) is 32.9 Å². The Kier molecular flexibility index (Phi) is 5.15. The fourth-order valence-corrected chi connectivity index (χ4v) is 3.84. The molecule has 0 aliphatic carbocycles. The lowest BCUT2D eigenvalue weighted by atomic mass is 10.1. The fraction of sp³-hybridized carbons (Fsp3) is 0.333. The molecule has 6 nitrogen and oxygen atoms in total. The summed E-state index contributed by atoms with van der Waals surface area (Å²) in [5, 5.41) is 0.435. The van der Waals surface area contributed by atoms with Crippen LogP contribution in [0.3, 0.4) is 0 Å². The Morgan fingerprint density at radius 1 is 1.28 bits per heavy atom. The molecule has 0 bridgehead atoms. The van der Waals surface area contributed by atoms with Crippen LogP contribution in [0.2, 0.25) is 0 Å². The summed E-state index contributed by atoms with van der Waals surface area (Å²) in [5.41, 5.74) is 4.18. The van der Waals surface area contributed by atoms with E-state index in [1.807, 2.05) is 39.0 Å². The average molecular weight is 359 g/mol. The number of ether oxygens (including phenoxy) is 2. The Balaban J connectivity index is 1.86. The van der Waals surface area contributed by atoms with Gasteiger partial charge in [0.1, 0.15) is 11.5 Å². The predicted octanol–water partition coefficient (Wildman–Crippen LogP) is 3.29. The number of fused-ring (bicyclic) bond motifs is 1. The number of methoxy groups -OCH3 is 1. The maximum Gasteiger partial charge on any atom is 0.322 e. The summed E-state index contributed by atoms with van der Waals surface area (Å²) in [6.45, 7) is 6.39. The summed E-state index contributed by atoms with van der Waals surface area (Å²) in [5.74, 6) is 1.81. The van der Waals surface area contributed by atoms with Crippen molar-refractivity contribution in [3.63, 3.8) is 0 Å². The van der Waals surface area contributed by atoms with Crippen molar-refractivity contribution in [1.82, 2.24) is 15.0 Å². The number of imidazole rings is 1. The van der Waals surface area contributed by atoms with Gasteiger partial charge in [0.2, 0.25) is 0 Å². The van der Waals surface area contributed by atoms with Crippen LogP contribution in [0.15, 0.2) is 29.6 Å². The van der Waals surface area contributed by atoms with Crippen molar-refractivity contribution in [3.8, 4) is 11.5 Å². The number of hydrogen-bond acceptors (Lipinski definition) is 5. The fourth-order valence-electron chi connectivity index (χ4n) is 2.74. The van der Waals surface area contributed by atoms with E-state index in [-0.39, 0.29) is 5.75 Å². The van der Waals surface area contributed by atoms with Crippen LogP contribution >= 0.6 is 0 Å². The lowest BCUT2D eigenvalue weighted by Gasteiger charge is -2.13. The van der Waals surface area contributed by atoms with E-state index < -0.39 is 11.2 Å². The topological polar surface area (TPSA) is 83.1 Å². The Morgan fingerprint density at radius 3 is 2.80 bits per heavy atom. The van der Waals surface area contributed by atoms with Crippen LogP contribution in [-0.4, -0.2) is 33.2 Å². The van der Waals surface area contributed by atoms with Crippen LogP contribution in [0.5, 0.6) is 11.5 Å². The number of pyridine rings is 1. The van der Waals surface area contributed by atoms with Gasteiger partial charge in [0.15, 0.2) is 5.75 Å². The van der Waals surface area contributed by atoms with E-state index in [9.17, 15) is 4.55 Å². The van der Waals surface area contributed by atoms with Crippen molar-refractivity contribution in [3.05, 3.63) is 41.2 Å². The molecule has 0 aliphatic heterocycles. The second-order valence-electron chi connectivity index (χ2n) is 5.69. The third kappa shape index (κ3) is 3.57. The van der Waals surface area contributed by atoms with Crippen LogP contribution < -0.4 is 9.47 Å². The summed E-state index contributed by atoms with van der Waals surface area (Å²) in [4.78, 5) is 12.0. The first kappa shape index (κ1) is 17.6. The monoisotopic (exact) mass is 359 g/mol. The van der Waals surface area contributed by atoms with Crippen LogP contribution in [0, 0.1) is 13.8 Å². The van der Waals surface area contributed by atoms with Crippen LogP contribution in [0.4, 0.5) is 0 Å². The van der Waals surface area contributed by atoms with Crippen LogP contribution in [0.25, 0.3) is 11.0 Å². The first-order valence-electron chi connectivity index (χ1n) is 8.03. The molecule has 25 heavy (non-hydrogen) atoms. The molecule has 2 aromatic heterocycles. The molecule has 1 N–H and O–H groups in total. The van der Waals surface area contributed by atoms with Crippen molar-refractivity contribution in [2.75, 3.05) is 13.7 Å². The number of rotatable bonds is 6. The van der Waals surface area contributed by atoms with Crippen molar-refractivity contribution in [2.45, 2.75) is 31.7 Å². The van der Waals surface area contributed by atoms with E-state index in [1.165, 1.54) is 0 Å². The molecule has 3 rings (SSSR count). The molecule has 1 atom stereocenters. The molecule has 0 amide bonds. The number of hydrogen-bond donors (Lipinski definition) is 1. The van der Waals surface area contributed by atoms with Gasteiger partial charge < -0.3 is 14.0 Å². The smallest absolute Gasteiger partial charge is 0.322 e. The highest BCUT2D eigenvalue weighted by molar-refractivity contribution is 7.90. The van der Waals surface area contributed by atoms with Crippen LogP contribution in [0.1, 0.15) is 23.7 Å². The van der Waals surface area contributed by atoms with Crippen LogP contribution in [-0.2, 0) is 16.9 Å². The molecule has 0 fully saturated rings. The number of nitrogens with one attached hydrogen (secondary N) is 1. The minimum Gasteiger partial charge on any atom is -0.609 e. The van der Waals surface area contributed by atoms with E-state index in [0.717, 1.165) is 39.4 Å². The first-order chi connectivity index (χ1) is 12.0. The summed E-state index contributed by atoms with van der Waals surface area (Å²) < 4.78 is 23.6. The number of aryl methyl sites for hydroxylation is 1. The lowest BCUT2D eigenvalue weighted by Crippen LogP contribution is -2.10. The number of nitrogens with zero attached hydrogens (tertiary/aromatic N) is 2. The van der Waals surface area contributed by atoms with Gasteiger partial charge in [-0.1, -0.05) is 0 Å². The van der Waals surface area contributed by atoms with Crippen molar-refractivity contribution in [1.29, 1.82) is 0 Å². The van der Waals surface area contributed by atoms with Gasteiger partial charge in [-0.15, -0.1) is 0 Å². The number of benzene rings is 1. The van der Waals surface area contributed by atoms with Gasteiger partial charge in [0.05, 0.1) is 30.4 Å². The third-order valence-corrected chi connectivity index (χ3v) is 5.14. The molecule has 0 saturated carbocycles. The summed E-state index contributed by atoms with van der Waals surface area (Å²) in [7, 11) is 1.63. The molecule has 7 heteroatoms. The van der Waals surface area contributed by atoms with E-state index in [1.54, 1.807) is 13.3 Å². The highest BCUT2D eigenvalue weighted by Gasteiger charge is 2.21. The maximum atomic E-state index is 12.7. The molecule has 1 aromatic carbocycles. The summed E-state index contributed by atoms with van der Waals surface area (Å²) in [6, 6.07) is 5.59. The van der Waals surface area contributed by atoms with E-state index in [2.05, 4.69) is 15.0 Å². The Hall–Kier alpha value is -2.25. The van der Waals surface area contributed by atoms with Gasteiger partial charge in [0.25, 0.3) is 0 Å². The predicted molar refractivity (Wildman–Crippen MR) is 97.6 cm³/mol. The van der Waals surface area contributed by atoms with Crippen molar-refractivity contribution < 1.29 is 14.0 Å². The zero-order valence-corrected chi connectivity index (χ0v) is 15.6. The van der Waals surface area contributed by atoms with Gasteiger partial charge in [-0.25, -0.2) is 0 Å². The molecule has 0 radical (unpaired) electrons. The van der Waals surface area contributed by atoms with Crippen molar-refractivity contribution in [2.24, 2.45) is 0 Å². The van der Waals surface area contributed by atoms with Gasteiger partial charge in [0, 0.05) is 34.6 Å². The highest BCUT2D eigenvalue weighted by Crippen LogP contribution is 2.27. The standard InChI is InChI=1S/C18H21N3O3S/c1-5-24-13-6-7-14-15(8-13)21-18(20-14)25(22)10-16-12(3)17(23-4)11(2)9-19-16/h6-9H,5,10H2,1-4H3,(H,20,21)/t25-/m0/s1. The quantitative estimate of drug-likeness (QED) is 0.683. The van der Waals surface area contributed by atoms with Gasteiger partial charge in [-0.2, -0.15) is 4.98 Å². The highest BCUT2D eigenvalue weighted by atomic mass is 32.2. The van der Waals surface area contributed by atoms with Gasteiger partial charge in [-0.3, -0.25) is 9.97 Å².